The van der Waals surface area contributed by atoms with Gasteiger partial charge in [-0.2, -0.15) is 0 Å². The Labute approximate surface area is 190 Å². The summed E-state index contributed by atoms with van der Waals surface area (Å²) in [5, 5.41) is 11.5. The minimum Gasteiger partial charge on any atom is -0.507 e. The van der Waals surface area contributed by atoms with Crippen molar-refractivity contribution in [1.29, 1.82) is 0 Å². The van der Waals surface area contributed by atoms with Crippen LogP contribution in [0.25, 0.3) is 5.76 Å². The lowest BCUT2D eigenvalue weighted by Gasteiger charge is -2.26. The number of aliphatic hydroxyl groups excluding tert-OH is 1. The van der Waals surface area contributed by atoms with Crippen molar-refractivity contribution in [3.63, 3.8) is 0 Å². The van der Waals surface area contributed by atoms with Gasteiger partial charge in [-0.05, 0) is 35.9 Å². The molecule has 1 atom stereocenters. The van der Waals surface area contributed by atoms with Gasteiger partial charge >= 0.3 is 0 Å². The van der Waals surface area contributed by atoms with Crippen molar-refractivity contribution >= 4 is 34.7 Å². The number of anilines is 1. The molecule has 32 heavy (non-hydrogen) atoms. The summed E-state index contributed by atoms with van der Waals surface area (Å²) >= 11 is 6.16. The second-order valence-electron chi connectivity index (χ2n) is 7.13. The number of aliphatic hydroxyl groups is 1. The molecule has 0 saturated carbocycles. The Kier molecular flexibility index (Phi) is 5.88. The second kappa shape index (κ2) is 8.77. The minimum atomic E-state index is -0.895. The molecule has 0 spiro atoms. The van der Waals surface area contributed by atoms with Crippen molar-refractivity contribution in [1.82, 2.24) is 0 Å². The zero-order valence-corrected chi connectivity index (χ0v) is 18.2. The fourth-order valence-electron chi connectivity index (χ4n) is 3.81. The molecule has 1 heterocycles. The van der Waals surface area contributed by atoms with E-state index in [9.17, 15) is 14.7 Å². The van der Waals surface area contributed by atoms with Crippen molar-refractivity contribution in [2.24, 2.45) is 0 Å². The Bertz CT molecular complexity index is 1220. The highest BCUT2D eigenvalue weighted by Crippen LogP contribution is 2.44. The van der Waals surface area contributed by atoms with Crippen molar-refractivity contribution in [2.45, 2.75) is 6.04 Å². The smallest absolute Gasteiger partial charge is 0.300 e. The van der Waals surface area contributed by atoms with Gasteiger partial charge in [-0.15, -0.1) is 0 Å². The number of ketones is 1. The SMILES string of the molecule is COc1ccc([C@@H]2C(=C(O)c3ccccc3)C(=O)C(=O)N2c2cccc(Cl)c2)cc1OC. The van der Waals surface area contributed by atoms with Crippen LogP contribution in [0.4, 0.5) is 5.69 Å². The van der Waals surface area contributed by atoms with Gasteiger partial charge in [0, 0.05) is 16.3 Å². The molecule has 6 nitrogen and oxygen atoms in total. The Morgan fingerprint density at radius 2 is 1.62 bits per heavy atom. The maximum Gasteiger partial charge on any atom is 0.300 e. The topological polar surface area (TPSA) is 76.1 Å². The molecule has 1 aliphatic heterocycles. The van der Waals surface area contributed by atoms with E-state index in [2.05, 4.69) is 0 Å². The van der Waals surface area contributed by atoms with Gasteiger partial charge < -0.3 is 14.6 Å². The van der Waals surface area contributed by atoms with Gasteiger partial charge in [-0.3, -0.25) is 14.5 Å². The first kappa shape index (κ1) is 21.5. The van der Waals surface area contributed by atoms with Crippen LogP contribution in [0.3, 0.4) is 0 Å². The summed E-state index contributed by atoms with van der Waals surface area (Å²) < 4.78 is 10.7. The molecule has 0 aromatic heterocycles. The molecule has 1 fully saturated rings. The molecule has 3 aromatic carbocycles. The predicted octanol–water partition coefficient (Wildman–Crippen LogP) is 4.98. The molecule has 0 aliphatic carbocycles. The summed E-state index contributed by atoms with van der Waals surface area (Å²) in [6, 6.07) is 19.5. The molecule has 1 aliphatic rings. The number of benzene rings is 3. The van der Waals surface area contributed by atoms with Crippen LogP contribution in [0.15, 0.2) is 78.4 Å². The Hall–Kier alpha value is -3.77. The third-order valence-electron chi connectivity index (χ3n) is 5.30. The van der Waals surface area contributed by atoms with Crippen LogP contribution in [0.2, 0.25) is 5.02 Å². The first-order valence-corrected chi connectivity index (χ1v) is 10.2. The Morgan fingerprint density at radius 1 is 0.906 bits per heavy atom. The quantitative estimate of drug-likeness (QED) is 0.337. The molecule has 0 unspecified atom stereocenters. The van der Waals surface area contributed by atoms with Crippen molar-refractivity contribution in [3.8, 4) is 11.5 Å². The molecule has 4 rings (SSSR count). The largest absolute Gasteiger partial charge is 0.507 e. The standard InChI is InChI=1S/C25H20ClNO5/c1-31-19-12-11-16(13-20(19)32-2)22-21(23(28)15-7-4-3-5-8-15)24(29)25(30)27(22)18-10-6-9-17(26)14-18/h3-14,22,28H,1-2H3/t22-/m1/s1. The summed E-state index contributed by atoms with van der Waals surface area (Å²) in [4.78, 5) is 27.6. The molecule has 3 aromatic rings. The van der Waals surface area contributed by atoms with Gasteiger partial charge in [0.05, 0.1) is 25.8 Å². The number of methoxy groups -OCH3 is 2. The monoisotopic (exact) mass is 449 g/mol. The lowest BCUT2D eigenvalue weighted by molar-refractivity contribution is -0.132. The predicted molar refractivity (Wildman–Crippen MR) is 122 cm³/mol. The van der Waals surface area contributed by atoms with E-state index in [-0.39, 0.29) is 11.3 Å². The van der Waals surface area contributed by atoms with Gasteiger partial charge in [0.2, 0.25) is 0 Å². The molecule has 0 radical (unpaired) electrons. The van der Waals surface area contributed by atoms with Gasteiger partial charge in [0.25, 0.3) is 11.7 Å². The van der Waals surface area contributed by atoms with Crippen LogP contribution >= 0.6 is 11.6 Å². The first-order valence-electron chi connectivity index (χ1n) is 9.80. The summed E-state index contributed by atoms with van der Waals surface area (Å²) in [7, 11) is 3.02. The van der Waals surface area contributed by atoms with Crippen LogP contribution in [0.1, 0.15) is 17.2 Å². The molecule has 1 saturated heterocycles. The number of amides is 1. The van der Waals surface area contributed by atoms with Crippen molar-refractivity contribution in [2.75, 3.05) is 19.1 Å². The van der Waals surface area contributed by atoms with E-state index >= 15 is 0 Å². The van der Waals surface area contributed by atoms with Crippen LogP contribution in [-0.4, -0.2) is 31.0 Å². The van der Waals surface area contributed by atoms with Crippen molar-refractivity contribution in [3.05, 3.63) is 94.5 Å². The lowest BCUT2D eigenvalue weighted by atomic mass is 9.94. The molecule has 1 N–H and O–H groups in total. The highest BCUT2D eigenvalue weighted by molar-refractivity contribution is 6.51. The van der Waals surface area contributed by atoms with Crippen LogP contribution < -0.4 is 14.4 Å². The van der Waals surface area contributed by atoms with E-state index < -0.39 is 17.7 Å². The molecule has 0 bridgehead atoms. The van der Waals surface area contributed by atoms with Crippen LogP contribution in [0, 0.1) is 0 Å². The fraction of sp³-hybridized carbons (Fsp3) is 0.120. The number of hydrogen-bond acceptors (Lipinski definition) is 5. The normalized spacial score (nSPS) is 17.5. The molecule has 162 valence electrons. The zero-order valence-electron chi connectivity index (χ0n) is 17.4. The Balaban J connectivity index is 1.97. The molecule has 7 heteroatoms. The average Bonchev–Trinajstić information content (AvgIpc) is 3.09. The average molecular weight is 450 g/mol. The maximum atomic E-state index is 13.2. The maximum absolute atomic E-state index is 13.2. The number of rotatable bonds is 5. The number of ether oxygens (including phenoxy) is 2. The Morgan fingerprint density at radius 3 is 2.28 bits per heavy atom. The second-order valence-corrected chi connectivity index (χ2v) is 7.57. The first-order chi connectivity index (χ1) is 15.5. The van der Waals surface area contributed by atoms with Crippen molar-refractivity contribution < 1.29 is 24.2 Å². The fourth-order valence-corrected chi connectivity index (χ4v) is 4.00. The summed E-state index contributed by atoms with van der Waals surface area (Å²) in [5.74, 6) is -0.871. The highest BCUT2D eigenvalue weighted by atomic mass is 35.5. The summed E-state index contributed by atoms with van der Waals surface area (Å²) in [6.07, 6.45) is 0. The number of carbonyl (C=O) groups is 2. The van der Waals surface area contributed by atoms with Gasteiger partial charge in [-0.1, -0.05) is 54.1 Å². The summed E-state index contributed by atoms with van der Waals surface area (Å²) in [5.41, 5.74) is 1.42. The van der Waals surface area contributed by atoms with E-state index in [1.165, 1.54) is 19.1 Å². The summed E-state index contributed by atoms with van der Waals surface area (Å²) in [6.45, 7) is 0. The number of halogens is 1. The number of carbonyl (C=O) groups excluding carboxylic acids is 2. The zero-order chi connectivity index (χ0) is 22.8. The van der Waals surface area contributed by atoms with E-state index in [0.29, 0.717) is 33.3 Å². The van der Waals surface area contributed by atoms with E-state index in [0.717, 1.165) is 0 Å². The van der Waals surface area contributed by atoms with E-state index in [1.807, 2.05) is 0 Å². The number of Topliss-reactive ketones (excluding diaryl/α,β-unsaturated/α-hetero) is 1. The van der Waals surface area contributed by atoms with E-state index in [4.69, 9.17) is 21.1 Å². The highest BCUT2D eigenvalue weighted by Gasteiger charge is 2.47. The minimum absolute atomic E-state index is 0.0200. The van der Waals surface area contributed by atoms with Gasteiger partial charge in [0.1, 0.15) is 5.76 Å². The van der Waals surface area contributed by atoms with Crippen LogP contribution in [-0.2, 0) is 9.59 Å². The molecular formula is C25H20ClNO5. The lowest BCUT2D eigenvalue weighted by Crippen LogP contribution is -2.29. The third-order valence-corrected chi connectivity index (χ3v) is 5.54. The van der Waals surface area contributed by atoms with E-state index in [1.54, 1.807) is 72.8 Å². The van der Waals surface area contributed by atoms with Gasteiger partial charge in [0.15, 0.2) is 11.5 Å². The third kappa shape index (κ3) is 3.69. The molecular weight excluding hydrogens is 430 g/mol. The van der Waals surface area contributed by atoms with Crippen LogP contribution in [0.5, 0.6) is 11.5 Å². The molecule has 1 amide bonds. The number of nitrogens with zero attached hydrogens (tertiary/aromatic N) is 1. The van der Waals surface area contributed by atoms with Gasteiger partial charge in [-0.25, -0.2) is 0 Å². The number of hydrogen-bond donors (Lipinski definition) is 1.